The first-order valence-electron chi connectivity index (χ1n) is 8.61. The molecule has 1 aliphatic rings. The summed E-state index contributed by atoms with van der Waals surface area (Å²) in [6.45, 7) is 4.86. The summed E-state index contributed by atoms with van der Waals surface area (Å²) in [6, 6.07) is 9.85. The lowest BCUT2D eigenvalue weighted by Crippen LogP contribution is -2.27. The number of carbonyl (C=O) groups is 1. The van der Waals surface area contributed by atoms with E-state index in [4.69, 9.17) is 13.9 Å². The van der Waals surface area contributed by atoms with Crippen LogP contribution in [0.3, 0.4) is 0 Å². The number of hydrogen-bond donors (Lipinski definition) is 0. The highest BCUT2D eigenvalue weighted by molar-refractivity contribution is 5.89. The predicted molar refractivity (Wildman–Crippen MR) is 98.4 cm³/mol. The predicted octanol–water partition coefficient (Wildman–Crippen LogP) is 3.98. The van der Waals surface area contributed by atoms with E-state index in [9.17, 15) is 4.79 Å². The molecule has 0 saturated heterocycles. The first-order valence-corrected chi connectivity index (χ1v) is 8.61. The van der Waals surface area contributed by atoms with Crippen LogP contribution < -0.4 is 9.47 Å². The second-order valence-corrected chi connectivity index (χ2v) is 6.76. The van der Waals surface area contributed by atoms with Gasteiger partial charge in [0, 0.05) is 24.5 Å². The van der Waals surface area contributed by atoms with Crippen LogP contribution in [-0.2, 0) is 17.8 Å². The average Bonchev–Trinajstić information content (AvgIpc) is 3.25. The second-order valence-electron chi connectivity index (χ2n) is 6.76. The molecule has 0 saturated carbocycles. The zero-order chi connectivity index (χ0) is 18.3. The van der Waals surface area contributed by atoms with Gasteiger partial charge < -0.3 is 18.8 Å². The highest BCUT2D eigenvalue weighted by Gasteiger charge is 2.18. The van der Waals surface area contributed by atoms with Crippen molar-refractivity contribution in [2.24, 2.45) is 0 Å². The lowest BCUT2D eigenvalue weighted by Gasteiger charge is -2.17. The smallest absolute Gasteiger partial charge is 0.231 e. The minimum Gasteiger partial charge on any atom is -0.464 e. The minimum absolute atomic E-state index is 0.0450. The Labute approximate surface area is 152 Å². The third-order valence-corrected chi connectivity index (χ3v) is 4.97. The van der Waals surface area contributed by atoms with Gasteiger partial charge in [-0.05, 0) is 42.7 Å². The number of fused-ring (bicyclic) bond motifs is 2. The minimum atomic E-state index is 0.0450. The number of benzene rings is 2. The molecule has 1 aliphatic heterocycles. The van der Waals surface area contributed by atoms with Gasteiger partial charge in [-0.1, -0.05) is 18.2 Å². The molecule has 0 spiro atoms. The lowest BCUT2D eigenvalue weighted by molar-refractivity contribution is -0.129. The summed E-state index contributed by atoms with van der Waals surface area (Å²) in [4.78, 5) is 14.4. The number of amides is 1. The third-order valence-electron chi connectivity index (χ3n) is 4.97. The summed E-state index contributed by atoms with van der Waals surface area (Å²) in [6.07, 6.45) is 2.01. The number of hydrogen-bond acceptors (Lipinski definition) is 4. The van der Waals surface area contributed by atoms with Gasteiger partial charge in [-0.2, -0.15) is 0 Å². The average molecular weight is 351 g/mol. The molecule has 0 N–H and O–H groups in total. The summed E-state index contributed by atoms with van der Waals surface area (Å²) in [5, 5.41) is 1.01. The molecule has 134 valence electrons. The number of likely N-dealkylation sites (N-methyl/N-ethyl adjacent to an activating group) is 1. The van der Waals surface area contributed by atoms with Gasteiger partial charge in [-0.15, -0.1) is 0 Å². The van der Waals surface area contributed by atoms with E-state index in [-0.39, 0.29) is 12.7 Å². The summed E-state index contributed by atoms with van der Waals surface area (Å²) < 4.78 is 16.4. The molecule has 0 aliphatic carbocycles. The molecule has 0 unspecified atom stereocenters. The number of carbonyl (C=O) groups excluding carboxylic acids is 1. The molecule has 0 bridgehead atoms. The van der Waals surface area contributed by atoms with Crippen LogP contribution in [0.4, 0.5) is 0 Å². The number of rotatable bonds is 4. The number of aryl methyl sites for hydroxylation is 2. The van der Waals surface area contributed by atoms with Crippen LogP contribution in [0.2, 0.25) is 0 Å². The number of ether oxygens (including phenoxy) is 2. The van der Waals surface area contributed by atoms with Crippen molar-refractivity contribution >= 4 is 16.9 Å². The summed E-state index contributed by atoms with van der Waals surface area (Å²) >= 11 is 0. The molecule has 2 aromatic carbocycles. The van der Waals surface area contributed by atoms with Gasteiger partial charge >= 0.3 is 0 Å². The Balaban J connectivity index is 1.49. The van der Waals surface area contributed by atoms with E-state index in [1.54, 1.807) is 11.2 Å². The van der Waals surface area contributed by atoms with Crippen molar-refractivity contribution < 1.29 is 18.7 Å². The van der Waals surface area contributed by atoms with E-state index >= 15 is 0 Å². The molecular formula is C21H21NO4. The van der Waals surface area contributed by atoms with Crippen LogP contribution in [0.15, 0.2) is 41.0 Å². The van der Waals surface area contributed by atoms with Crippen molar-refractivity contribution in [2.45, 2.75) is 26.8 Å². The molecule has 26 heavy (non-hydrogen) atoms. The fraction of sp³-hybridized carbons (Fsp3) is 0.286. The van der Waals surface area contributed by atoms with Gasteiger partial charge in [-0.25, -0.2) is 0 Å². The van der Waals surface area contributed by atoms with Crippen LogP contribution >= 0.6 is 0 Å². The maximum Gasteiger partial charge on any atom is 0.231 e. The molecule has 1 amide bonds. The monoisotopic (exact) mass is 351 g/mol. The van der Waals surface area contributed by atoms with E-state index in [1.165, 1.54) is 5.56 Å². The first-order chi connectivity index (χ1) is 12.5. The first kappa shape index (κ1) is 16.5. The zero-order valence-electron chi connectivity index (χ0n) is 15.2. The van der Waals surface area contributed by atoms with Gasteiger partial charge in [0.25, 0.3) is 0 Å². The maximum absolute atomic E-state index is 12.7. The van der Waals surface area contributed by atoms with Crippen molar-refractivity contribution in [3.63, 3.8) is 0 Å². The molecule has 5 heteroatoms. The summed E-state index contributed by atoms with van der Waals surface area (Å²) in [5.41, 5.74) is 5.10. The fourth-order valence-electron chi connectivity index (χ4n) is 3.22. The largest absolute Gasteiger partial charge is 0.464 e. The van der Waals surface area contributed by atoms with Gasteiger partial charge in [0.15, 0.2) is 11.5 Å². The van der Waals surface area contributed by atoms with Gasteiger partial charge in [0.2, 0.25) is 12.7 Å². The Bertz CT molecular complexity index is 989. The van der Waals surface area contributed by atoms with Gasteiger partial charge in [0.1, 0.15) is 5.58 Å². The van der Waals surface area contributed by atoms with Crippen LogP contribution in [0.5, 0.6) is 11.5 Å². The fourth-order valence-corrected chi connectivity index (χ4v) is 3.22. The zero-order valence-corrected chi connectivity index (χ0v) is 15.2. The molecule has 0 fully saturated rings. The number of nitrogens with zero attached hydrogens (tertiary/aromatic N) is 1. The molecular weight excluding hydrogens is 330 g/mol. The van der Waals surface area contributed by atoms with Crippen molar-refractivity contribution in [1.29, 1.82) is 0 Å². The van der Waals surface area contributed by atoms with Crippen LogP contribution in [0.25, 0.3) is 11.0 Å². The second kappa shape index (κ2) is 6.41. The molecule has 0 radical (unpaired) electrons. The molecule has 1 aromatic heterocycles. The Morgan fingerprint density at radius 1 is 1.12 bits per heavy atom. The van der Waals surface area contributed by atoms with Crippen molar-refractivity contribution in [1.82, 2.24) is 4.90 Å². The van der Waals surface area contributed by atoms with Crippen LogP contribution in [0, 0.1) is 13.8 Å². The van der Waals surface area contributed by atoms with Crippen LogP contribution in [-0.4, -0.2) is 24.6 Å². The molecule has 4 rings (SSSR count). The standard InChI is InChI=1S/C21H21NO4/c1-13-4-6-17-16(11-24-21(17)14(13)2)9-20(23)22(3)10-15-5-7-18-19(8-15)26-12-25-18/h4-8,11H,9-10,12H2,1-3H3. The van der Waals surface area contributed by atoms with E-state index in [0.717, 1.165) is 39.2 Å². The van der Waals surface area contributed by atoms with E-state index in [1.807, 2.05) is 38.2 Å². The summed E-state index contributed by atoms with van der Waals surface area (Å²) in [7, 11) is 1.81. The SMILES string of the molecule is Cc1ccc2c(CC(=O)N(C)Cc3ccc4c(c3)OCO4)coc2c1C. The van der Waals surface area contributed by atoms with E-state index in [2.05, 4.69) is 13.0 Å². The molecule has 3 aromatic rings. The Morgan fingerprint density at radius 3 is 2.77 bits per heavy atom. The molecule has 0 atom stereocenters. The van der Waals surface area contributed by atoms with Gasteiger partial charge in [0.05, 0.1) is 12.7 Å². The maximum atomic E-state index is 12.7. The summed E-state index contributed by atoms with van der Waals surface area (Å²) in [5.74, 6) is 1.52. The van der Waals surface area contributed by atoms with Crippen molar-refractivity contribution in [3.8, 4) is 11.5 Å². The lowest BCUT2D eigenvalue weighted by atomic mass is 10.0. The topological polar surface area (TPSA) is 51.9 Å². The Kier molecular flexibility index (Phi) is 4.07. The molecule has 5 nitrogen and oxygen atoms in total. The van der Waals surface area contributed by atoms with Crippen molar-refractivity contribution in [2.75, 3.05) is 13.8 Å². The van der Waals surface area contributed by atoms with E-state index in [0.29, 0.717) is 13.0 Å². The molecule has 2 heterocycles. The highest BCUT2D eigenvalue weighted by atomic mass is 16.7. The Morgan fingerprint density at radius 2 is 1.92 bits per heavy atom. The van der Waals surface area contributed by atoms with Gasteiger partial charge in [-0.3, -0.25) is 4.79 Å². The highest BCUT2D eigenvalue weighted by Crippen LogP contribution is 2.33. The normalized spacial score (nSPS) is 12.6. The quantitative estimate of drug-likeness (QED) is 0.713. The third kappa shape index (κ3) is 2.90. The van der Waals surface area contributed by atoms with Crippen LogP contribution in [0.1, 0.15) is 22.3 Å². The van der Waals surface area contributed by atoms with E-state index < -0.39 is 0 Å². The Hall–Kier alpha value is -2.95. The number of furan rings is 1. The van der Waals surface area contributed by atoms with Crippen molar-refractivity contribution in [3.05, 3.63) is 58.8 Å².